The Hall–Kier alpha value is -2.26. The molecule has 4 atom stereocenters. The number of carbonyl (C=O) groups is 1. The highest BCUT2D eigenvalue weighted by molar-refractivity contribution is 7.83. The highest BCUT2D eigenvalue weighted by atomic mass is 32.2. The van der Waals surface area contributed by atoms with Crippen molar-refractivity contribution in [3.8, 4) is 0 Å². The highest BCUT2D eigenvalue weighted by Gasteiger charge is 2.35. The smallest absolute Gasteiger partial charge is 0.333 e. The molecule has 0 saturated heterocycles. The third kappa shape index (κ3) is 5.37. The lowest BCUT2D eigenvalue weighted by molar-refractivity contribution is 0.0711. The van der Waals surface area contributed by atoms with Crippen LogP contribution in [-0.2, 0) is 21.5 Å². The maximum Gasteiger partial charge on any atom is 0.333 e. The lowest BCUT2D eigenvalue weighted by Crippen LogP contribution is -2.27. The number of aryl methyl sites for hydroxylation is 1. The molecule has 0 aromatic carbocycles. The summed E-state index contributed by atoms with van der Waals surface area (Å²) < 4.78 is 38.8. The topological polar surface area (TPSA) is 151 Å². The molecule has 0 spiro atoms. The number of rotatable bonds is 8. The van der Waals surface area contributed by atoms with Crippen molar-refractivity contribution < 1.29 is 27.6 Å². The van der Waals surface area contributed by atoms with Crippen molar-refractivity contribution in [2.24, 2.45) is 5.92 Å². The highest BCUT2D eigenvalue weighted by Crippen LogP contribution is 2.40. The summed E-state index contributed by atoms with van der Waals surface area (Å²) >= 11 is 3.13. The summed E-state index contributed by atoms with van der Waals surface area (Å²) in [6.45, 7) is 3.79. The van der Waals surface area contributed by atoms with Gasteiger partial charge < -0.3 is 15.2 Å². The summed E-state index contributed by atoms with van der Waals surface area (Å²) in [5.41, 5.74) is 2.45. The van der Waals surface area contributed by atoms with Gasteiger partial charge in [-0.25, -0.2) is 9.97 Å². The number of ether oxygens (including phenoxy) is 1. The van der Waals surface area contributed by atoms with Gasteiger partial charge in [0.1, 0.15) is 18.2 Å². The first-order valence-corrected chi connectivity index (χ1v) is 14.5. The maximum absolute atomic E-state index is 13.5. The first-order chi connectivity index (χ1) is 17.2. The molecule has 1 fully saturated rings. The number of anilines is 1. The van der Waals surface area contributed by atoms with Crippen LogP contribution < -0.4 is 10.0 Å². The fourth-order valence-electron chi connectivity index (χ4n) is 4.73. The number of aromatic nitrogens is 2. The van der Waals surface area contributed by atoms with Crippen molar-refractivity contribution in [3.05, 3.63) is 67.9 Å². The van der Waals surface area contributed by atoms with Gasteiger partial charge in [-0.2, -0.15) is 13.1 Å². The monoisotopic (exact) mass is 549 g/mol. The minimum absolute atomic E-state index is 0.188. The largest absolute Gasteiger partial charge is 0.393 e. The molecule has 2 aliphatic rings. The molecule has 1 radical (unpaired) electrons. The standard InChI is InChI=1S/C23H25N4O6S3/c1-12-16(22-15-3-5-34-19(15)2-4-33-22)8-20(35-12)21(29)17-10-24-11-25-23(17)27-14-6-13(18(28)7-14)9-26-36(30,31)32/h3,5,8-11,13-14,18,22,26,28H,2,4,6-7H2,1H3,(H,24,25,27)(H,30,31,32)/t13-,14-,18+,22+/m1/s1. The Labute approximate surface area is 216 Å². The van der Waals surface area contributed by atoms with Crippen LogP contribution in [0.5, 0.6) is 0 Å². The van der Waals surface area contributed by atoms with Gasteiger partial charge >= 0.3 is 10.3 Å². The van der Waals surface area contributed by atoms with E-state index in [-0.39, 0.29) is 17.9 Å². The second kappa shape index (κ2) is 10.2. The number of nitrogens with one attached hydrogen (secondary N) is 2. The van der Waals surface area contributed by atoms with Gasteiger partial charge in [0.2, 0.25) is 5.78 Å². The van der Waals surface area contributed by atoms with Crippen LogP contribution in [0, 0.1) is 19.4 Å². The number of fused-ring (bicyclic) bond motifs is 1. The van der Waals surface area contributed by atoms with E-state index in [0.717, 1.165) is 29.0 Å². The molecule has 10 nitrogen and oxygen atoms in total. The Kier molecular flexibility index (Phi) is 7.23. The van der Waals surface area contributed by atoms with Crippen LogP contribution in [0.2, 0.25) is 0 Å². The molecule has 1 saturated carbocycles. The van der Waals surface area contributed by atoms with Crippen molar-refractivity contribution in [1.82, 2.24) is 14.7 Å². The molecule has 3 aromatic rings. The van der Waals surface area contributed by atoms with Crippen molar-refractivity contribution in [2.45, 2.75) is 44.4 Å². The van der Waals surface area contributed by atoms with Gasteiger partial charge in [-0.15, -0.1) is 22.7 Å². The lowest BCUT2D eigenvalue weighted by Gasteiger charge is -2.23. The van der Waals surface area contributed by atoms with Gasteiger partial charge in [0.05, 0.1) is 23.2 Å². The quantitative estimate of drug-likeness (QED) is 0.246. The Morgan fingerprint density at radius 2 is 2.14 bits per heavy atom. The zero-order valence-electron chi connectivity index (χ0n) is 19.2. The van der Waals surface area contributed by atoms with Crippen LogP contribution in [0.25, 0.3) is 0 Å². The van der Waals surface area contributed by atoms with E-state index in [1.54, 1.807) is 11.3 Å². The predicted octanol–water partition coefficient (Wildman–Crippen LogP) is 2.91. The van der Waals surface area contributed by atoms with Crippen molar-refractivity contribution in [1.29, 1.82) is 0 Å². The van der Waals surface area contributed by atoms with Crippen LogP contribution in [0.15, 0.2) is 30.0 Å². The molecule has 13 heteroatoms. The third-order valence-electron chi connectivity index (χ3n) is 6.44. The minimum Gasteiger partial charge on any atom is -0.393 e. The number of hydrogen-bond acceptors (Lipinski definition) is 10. The van der Waals surface area contributed by atoms with E-state index in [2.05, 4.69) is 26.7 Å². The van der Waals surface area contributed by atoms with E-state index < -0.39 is 22.3 Å². The summed E-state index contributed by atoms with van der Waals surface area (Å²) in [7, 11) is -4.39. The SMILES string of the molecule is Cc1sc(C(=O)c2cncnc2N[C@H]2C[C@H](O)[C@@H]([CH]NS(=O)(=O)O)C2)cc1[C@H]1OCCc2sccc21. The molecule has 191 valence electrons. The first kappa shape index (κ1) is 25.4. The van der Waals surface area contributed by atoms with Crippen LogP contribution in [-0.4, -0.2) is 52.6 Å². The molecule has 0 amide bonds. The number of hydrogen-bond donors (Lipinski definition) is 4. The predicted molar refractivity (Wildman–Crippen MR) is 135 cm³/mol. The molecule has 0 bridgehead atoms. The molecule has 1 aliphatic heterocycles. The minimum atomic E-state index is -4.39. The van der Waals surface area contributed by atoms with Crippen molar-refractivity contribution in [2.75, 3.05) is 11.9 Å². The van der Waals surface area contributed by atoms with E-state index in [1.807, 2.05) is 17.7 Å². The van der Waals surface area contributed by atoms with Gasteiger partial charge in [-0.05, 0) is 48.4 Å². The fraction of sp³-hybridized carbons (Fsp3) is 0.391. The zero-order valence-corrected chi connectivity index (χ0v) is 21.7. The van der Waals surface area contributed by atoms with E-state index in [1.165, 1.54) is 28.7 Å². The number of nitrogens with zero attached hydrogens (tertiary/aromatic N) is 2. The molecule has 0 unspecified atom stereocenters. The number of thiophene rings is 2. The second-order valence-corrected chi connectivity index (χ2v) is 12.3. The number of aliphatic hydroxyl groups excluding tert-OH is 1. The summed E-state index contributed by atoms with van der Waals surface area (Å²) in [6.07, 6.45) is 3.39. The summed E-state index contributed by atoms with van der Waals surface area (Å²) in [5.74, 6) is -0.379. The van der Waals surface area contributed by atoms with Gasteiger partial charge in [-0.3, -0.25) is 9.35 Å². The van der Waals surface area contributed by atoms with Gasteiger partial charge in [-0.1, -0.05) is 0 Å². The van der Waals surface area contributed by atoms with E-state index >= 15 is 0 Å². The molecular weight excluding hydrogens is 524 g/mol. The van der Waals surface area contributed by atoms with Crippen LogP contribution >= 0.6 is 22.7 Å². The average Bonchev–Trinajstić information content (AvgIpc) is 3.55. The van der Waals surface area contributed by atoms with E-state index in [4.69, 9.17) is 9.29 Å². The summed E-state index contributed by atoms with van der Waals surface area (Å²) in [4.78, 5) is 24.7. The molecule has 4 N–H and O–H groups in total. The van der Waals surface area contributed by atoms with Crippen LogP contribution in [0.4, 0.5) is 5.82 Å². The van der Waals surface area contributed by atoms with Crippen molar-refractivity contribution in [3.63, 3.8) is 0 Å². The number of ketones is 1. The summed E-state index contributed by atoms with van der Waals surface area (Å²) in [6, 6.07) is 3.71. The van der Waals surface area contributed by atoms with E-state index in [9.17, 15) is 18.3 Å². The first-order valence-electron chi connectivity index (χ1n) is 11.3. The Morgan fingerprint density at radius 3 is 2.94 bits per heavy atom. The second-order valence-electron chi connectivity index (χ2n) is 8.84. The normalized spacial score (nSPS) is 24.0. The molecule has 1 aliphatic carbocycles. The van der Waals surface area contributed by atoms with Crippen molar-refractivity contribution >= 4 is 44.6 Å². The molecule has 4 heterocycles. The molecule has 3 aromatic heterocycles. The molecule has 36 heavy (non-hydrogen) atoms. The third-order valence-corrected chi connectivity index (χ3v) is 8.94. The molecule has 5 rings (SSSR count). The number of aliphatic hydroxyl groups is 1. The van der Waals surface area contributed by atoms with Crippen LogP contribution in [0.1, 0.15) is 55.1 Å². The maximum atomic E-state index is 13.5. The zero-order chi connectivity index (χ0) is 25.4. The fourth-order valence-corrected chi connectivity index (χ4v) is 6.97. The van der Waals surface area contributed by atoms with Crippen LogP contribution in [0.3, 0.4) is 0 Å². The Bertz CT molecular complexity index is 1370. The molecular formula is C23H25N4O6S3. The average molecular weight is 550 g/mol. The van der Waals surface area contributed by atoms with Gasteiger partial charge in [0, 0.05) is 40.9 Å². The van der Waals surface area contributed by atoms with Gasteiger partial charge in [0.25, 0.3) is 0 Å². The lowest BCUT2D eigenvalue weighted by atomic mass is 9.99. The van der Waals surface area contributed by atoms with E-state index in [0.29, 0.717) is 35.7 Å². The van der Waals surface area contributed by atoms with Gasteiger partial charge in [0.15, 0.2) is 0 Å². The summed E-state index contributed by atoms with van der Waals surface area (Å²) in [5, 5.41) is 15.6. The Morgan fingerprint density at radius 1 is 1.31 bits per heavy atom. The number of carbonyl (C=O) groups excluding carboxylic acids is 1. The Balaban J connectivity index is 1.33.